The molecule has 0 bridgehead atoms. The molecular formula is C44H79NO13. The number of aliphatic hydroxyl groups excluding tert-OH is 8. The minimum Gasteiger partial charge on any atom is -0.394 e. The summed E-state index contributed by atoms with van der Waals surface area (Å²) in [5, 5.41) is 86.3. The maximum atomic E-state index is 13.1. The summed E-state index contributed by atoms with van der Waals surface area (Å²) in [4.78, 5) is 13.1. The molecule has 0 spiro atoms. The Kier molecular flexibility index (Phi) is 28.9. The zero-order chi connectivity index (χ0) is 42.5. The largest absolute Gasteiger partial charge is 0.394 e. The Hall–Kier alpha value is -1.79. The first kappa shape index (κ1) is 52.3. The van der Waals surface area contributed by atoms with Gasteiger partial charge in [-0.15, -0.1) is 0 Å². The molecular weight excluding hydrogens is 750 g/mol. The van der Waals surface area contributed by atoms with Crippen LogP contribution in [0.25, 0.3) is 0 Å². The van der Waals surface area contributed by atoms with Gasteiger partial charge in [-0.2, -0.15) is 0 Å². The van der Waals surface area contributed by atoms with Crippen molar-refractivity contribution in [3.05, 3.63) is 36.5 Å². The first-order valence-electron chi connectivity index (χ1n) is 22.2. The predicted octanol–water partition coefficient (Wildman–Crippen LogP) is 3.98. The number of nitrogens with one attached hydrogen (secondary N) is 1. The van der Waals surface area contributed by atoms with Crippen molar-refractivity contribution in [2.24, 2.45) is 0 Å². The number of aliphatic hydroxyl groups is 8. The Morgan fingerprint density at radius 3 is 1.83 bits per heavy atom. The second-order valence-electron chi connectivity index (χ2n) is 15.8. The Labute approximate surface area is 347 Å². The molecule has 0 radical (unpaired) electrons. The quantitative estimate of drug-likeness (QED) is 0.0346. The molecule has 0 aliphatic carbocycles. The van der Waals surface area contributed by atoms with Crippen LogP contribution in [0, 0.1) is 0 Å². The van der Waals surface area contributed by atoms with Gasteiger partial charge in [-0.25, -0.2) is 0 Å². The maximum Gasteiger partial charge on any atom is 0.220 e. The fourth-order valence-electron chi connectivity index (χ4n) is 7.19. The summed E-state index contributed by atoms with van der Waals surface area (Å²) in [6.07, 6.45) is 16.1. The summed E-state index contributed by atoms with van der Waals surface area (Å²) in [6, 6.07) is -0.829. The lowest BCUT2D eigenvalue weighted by Crippen LogP contribution is -2.65. The van der Waals surface area contributed by atoms with Gasteiger partial charge in [0, 0.05) is 6.42 Å². The van der Waals surface area contributed by atoms with Crippen LogP contribution in [0.3, 0.4) is 0 Å². The Bertz CT molecular complexity index is 1120. The molecule has 2 fully saturated rings. The van der Waals surface area contributed by atoms with Crippen molar-refractivity contribution < 1.29 is 64.6 Å². The molecule has 0 aromatic rings. The molecule has 338 valence electrons. The fraction of sp³-hybridized carbons (Fsp3) is 0.841. The Balaban J connectivity index is 1.84. The summed E-state index contributed by atoms with van der Waals surface area (Å²) >= 11 is 0. The minimum absolute atomic E-state index is 0.224. The van der Waals surface area contributed by atoms with E-state index in [0.29, 0.717) is 19.3 Å². The average Bonchev–Trinajstić information content (AvgIpc) is 3.22. The molecule has 9 N–H and O–H groups in total. The van der Waals surface area contributed by atoms with E-state index in [1.165, 1.54) is 25.7 Å². The standard InChI is InChI=1S/C44H79NO13/c1-3-5-7-9-11-12-13-14-15-16-17-18-19-20-22-24-26-28-36(49)45-32(33(48)27-25-23-21-10-8-6-4-2)31-55-43-41(54)39(52)42(35(30-47)57-43)58-44-40(53)38(51)37(50)34(29-46)56-44/h5,7,11-12,14-15,32-35,37-44,46-48,50-54H,3-4,6,8-10,13,16-31H2,1-2H3,(H,45,49)/b7-5-,12-11-,15-14-. The lowest BCUT2D eigenvalue weighted by Gasteiger charge is -2.46. The molecule has 12 unspecified atom stereocenters. The minimum atomic E-state index is -1.78. The highest BCUT2D eigenvalue weighted by molar-refractivity contribution is 5.76. The molecule has 1 amide bonds. The van der Waals surface area contributed by atoms with E-state index in [1.54, 1.807) is 0 Å². The van der Waals surface area contributed by atoms with E-state index in [4.69, 9.17) is 18.9 Å². The number of carbonyl (C=O) groups is 1. The third-order valence-electron chi connectivity index (χ3n) is 10.9. The van der Waals surface area contributed by atoms with Gasteiger partial charge in [-0.3, -0.25) is 4.79 Å². The van der Waals surface area contributed by atoms with Crippen LogP contribution in [0.5, 0.6) is 0 Å². The smallest absolute Gasteiger partial charge is 0.220 e. The van der Waals surface area contributed by atoms with Crippen molar-refractivity contribution in [3.8, 4) is 0 Å². The molecule has 12 atom stereocenters. The van der Waals surface area contributed by atoms with Crippen LogP contribution in [0.1, 0.15) is 142 Å². The van der Waals surface area contributed by atoms with Crippen LogP contribution in [0.15, 0.2) is 36.5 Å². The number of ether oxygens (including phenoxy) is 4. The highest BCUT2D eigenvalue weighted by Gasteiger charge is 2.51. The third-order valence-corrected chi connectivity index (χ3v) is 10.9. The van der Waals surface area contributed by atoms with Crippen molar-refractivity contribution >= 4 is 5.91 Å². The molecule has 14 nitrogen and oxygen atoms in total. The molecule has 0 aromatic carbocycles. The van der Waals surface area contributed by atoms with Crippen LogP contribution in [0.2, 0.25) is 0 Å². The lowest BCUT2D eigenvalue weighted by atomic mass is 9.97. The molecule has 0 aromatic heterocycles. The van der Waals surface area contributed by atoms with Crippen LogP contribution in [-0.2, 0) is 23.7 Å². The SMILES string of the molecule is CC/C=C\C/C=C\C/C=C\CCCCCCCCCC(=O)NC(COC1OC(CO)C(OC2OC(CO)C(O)C(O)C2O)C(O)C1O)C(O)CCCCCCCCC. The average molecular weight is 830 g/mol. The van der Waals surface area contributed by atoms with E-state index < -0.39 is 86.8 Å². The Morgan fingerprint density at radius 1 is 0.638 bits per heavy atom. The van der Waals surface area contributed by atoms with Gasteiger partial charge in [0.15, 0.2) is 12.6 Å². The zero-order valence-corrected chi connectivity index (χ0v) is 35.3. The number of hydrogen-bond acceptors (Lipinski definition) is 13. The van der Waals surface area contributed by atoms with Crippen molar-refractivity contribution in [2.45, 2.75) is 216 Å². The van der Waals surface area contributed by atoms with Gasteiger partial charge >= 0.3 is 0 Å². The summed E-state index contributed by atoms with van der Waals surface area (Å²) in [6.45, 7) is 2.64. The van der Waals surface area contributed by atoms with Crippen LogP contribution in [-0.4, -0.2) is 140 Å². The van der Waals surface area contributed by atoms with Crippen molar-refractivity contribution in [2.75, 3.05) is 19.8 Å². The van der Waals surface area contributed by atoms with Gasteiger partial charge in [0.1, 0.15) is 48.8 Å². The summed E-state index contributed by atoms with van der Waals surface area (Å²) in [7, 11) is 0. The van der Waals surface area contributed by atoms with E-state index in [2.05, 4.69) is 55.6 Å². The van der Waals surface area contributed by atoms with Crippen LogP contribution in [0.4, 0.5) is 0 Å². The van der Waals surface area contributed by atoms with Gasteiger partial charge in [0.05, 0.1) is 32.0 Å². The molecule has 2 rings (SSSR count). The number of allylic oxidation sites excluding steroid dienone is 6. The van der Waals surface area contributed by atoms with Crippen LogP contribution >= 0.6 is 0 Å². The van der Waals surface area contributed by atoms with Crippen molar-refractivity contribution in [3.63, 3.8) is 0 Å². The van der Waals surface area contributed by atoms with E-state index in [9.17, 15) is 45.6 Å². The fourth-order valence-corrected chi connectivity index (χ4v) is 7.19. The van der Waals surface area contributed by atoms with E-state index >= 15 is 0 Å². The van der Waals surface area contributed by atoms with Gasteiger partial charge in [-0.1, -0.05) is 127 Å². The van der Waals surface area contributed by atoms with Gasteiger partial charge in [0.2, 0.25) is 5.91 Å². The van der Waals surface area contributed by atoms with E-state index in [0.717, 1.165) is 83.5 Å². The highest BCUT2D eigenvalue weighted by Crippen LogP contribution is 2.30. The van der Waals surface area contributed by atoms with Crippen molar-refractivity contribution in [1.29, 1.82) is 0 Å². The number of rotatable bonds is 32. The molecule has 0 saturated carbocycles. The molecule has 14 heteroatoms. The number of amides is 1. The van der Waals surface area contributed by atoms with Crippen molar-refractivity contribution in [1.82, 2.24) is 5.32 Å². The summed E-state index contributed by atoms with van der Waals surface area (Å²) in [5.41, 5.74) is 0. The van der Waals surface area contributed by atoms with E-state index in [1.807, 2.05) is 0 Å². The summed E-state index contributed by atoms with van der Waals surface area (Å²) in [5.74, 6) is -0.224. The Morgan fingerprint density at radius 2 is 1.19 bits per heavy atom. The van der Waals surface area contributed by atoms with E-state index in [-0.39, 0.29) is 12.5 Å². The lowest BCUT2D eigenvalue weighted by molar-refractivity contribution is -0.359. The highest BCUT2D eigenvalue weighted by atomic mass is 16.7. The second-order valence-corrected chi connectivity index (χ2v) is 15.8. The van der Waals surface area contributed by atoms with Gasteiger partial charge < -0.3 is 65.1 Å². The monoisotopic (exact) mass is 830 g/mol. The predicted molar refractivity (Wildman–Crippen MR) is 221 cm³/mol. The van der Waals surface area contributed by atoms with Gasteiger partial charge in [0.25, 0.3) is 0 Å². The molecule has 2 heterocycles. The number of carbonyl (C=O) groups excluding carboxylic acids is 1. The topological polar surface area (TPSA) is 228 Å². The third kappa shape index (κ3) is 20.2. The maximum absolute atomic E-state index is 13.1. The molecule has 2 aliphatic rings. The molecule has 2 saturated heterocycles. The second kappa shape index (κ2) is 32.0. The molecule has 58 heavy (non-hydrogen) atoms. The summed E-state index contributed by atoms with van der Waals surface area (Å²) < 4.78 is 22.6. The molecule has 2 aliphatic heterocycles. The number of hydrogen-bond donors (Lipinski definition) is 9. The zero-order valence-electron chi connectivity index (χ0n) is 35.3. The van der Waals surface area contributed by atoms with Gasteiger partial charge in [-0.05, 0) is 44.9 Å². The number of unbranched alkanes of at least 4 members (excludes halogenated alkanes) is 13. The normalized spacial score (nSPS) is 29.1. The first-order chi connectivity index (χ1) is 28.1. The van der Waals surface area contributed by atoms with Crippen LogP contribution < -0.4 is 5.32 Å². The first-order valence-corrected chi connectivity index (χ1v) is 22.2.